The van der Waals surface area contributed by atoms with Crippen LogP contribution in [0, 0.1) is 5.82 Å². The number of amides is 2. The maximum Gasteiger partial charge on any atom is 0.323 e. The van der Waals surface area contributed by atoms with Crippen molar-refractivity contribution in [2.45, 2.75) is 46.1 Å². The standard InChI is InChI=1S/C12H16FN3O.C2H6/c1-2-7-16(10-4-5-10)12(17)15-11-6-3-9(13)8-14-11;1-2/h3,6,8,10H,2,4-5,7H2,1H3,(H,14,15,17);1-2H3. The maximum absolute atomic E-state index is 12.7. The molecule has 1 heterocycles. The zero-order chi connectivity index (χ0) is 14.3. The van der Waals surface area contributed by atoms with E-state index in [1.54, 1.807) is 0 Å². The number of nitrogens with zero attached hydrogens (tertiary/aromatic N) is 2. The predicted molar refractivity (Wildman–Crippen MR) is 74.6 cm³/mol. The summed E-state index contributed by atoms with van der Waals surface area (Å²) in [6.45, 7) is 6.79. The molecule has 4 nitrogen and oxygen atoms in total. The number of nitrogens with one attached hydrogen (secondary N) is 1. The molecule has 0 saturated heterocycles. The van der Waals surface area contributed by atoms with Crippen LogP contribution in [0.2, 0.25) is 0 Å². The van der Waals surface area contributed by atoms with E-state index in [1.165, 1.54) is 12.1 Å². The molecule has 2 rings (SSSR count). The largest absolute Gasteiger partial charge is 0.323 e. The van der Waals surface area contributed by atoms with Gasteiger partial charge in [0.25, 0.3) is 0 Å². The molecular weight excluding hydrogens is 245 g/mol. The lowest BCUT2D eigenvalue weighted by molar-refractivity contribution is 0.209. The van der Waals surface area contributed by atoms with Gasteiger partial charge in [0.05, 0.1) is 6.20 Å². The second kappa shape index (κ2) is 7.71. The van der Waals surface area contributed by atoms with Gasteiger partial charge in [0.2, 0.25) is 0 Å². The van der Waals surface area contributed by atoms with E-state index >= 15 is 0 Å². The van der Waals surface area contributed by atoms with Crippen molar-refractivity contribution in [1.29, 1.82) is 0 Å². The fourth-order valence-electron chi connectivity index (χ4n) is 1.71. The summed E-state index contributed by atoms with van der Waals surface area (Å²) >= 11 is 0. The Labute approximate surface area is 114 Å². The molecule has 106 valence electrons. The number of aromatic nitrogens is 1. The van der Waals surface area contributed by atoms with Gasteiger partial charge in [0.15, 0.2) is 0 Å². The van der Waals surface area contributed by atoms with E-state index in [9.17, 15) is 9.18 Å². The molecule has 1 aromatic rings. The third-order valence-corrected chi connectivity index (χ3v) is 2.68. The molecule has 1 aromatic heterocycles. The molecule has 0 radical (unpaired) electrons. The average molecular weight is 267 g/mol. The number of hydrogen-bond donors (Lipinski definition) is 1. The molecule has 2 amide bonds. The first-order valence-corrected chi connectivity index (χ1v) is 6.90. The Morgan fingerprint density at radius 1 is 1.47 bits per heavy atom. The van der Waals surface area contributed by atoms with Crippen molar-refractivity contribution in [3.8, 4) is 0 Å². The van der Waals surface area contributed by atoms with Gasteiger partial charge in [-0.3, -0.25) is 5.32 Å². The number of anilines is 1. The highest BCUT2D eigenvalue weighted by Crippen LogP contribution is 2.27. The Morgan fingerprint density at radius 2 is 2.16 bits per heavy atom. The summed E-state index contributed by atoms with van der Waals surface area (Å²) < 4.78 is 12.7. The van der Waals surface area contributed by atoms with E-state index in [-0.39, 0.29) is 6.03 Å². The molecule has 0 atom stereocenters. The topological polar surface area (TPSA) is 45.2 Å². The third-order valence-electron chi connectivity index (χ3n) is 2.68. The van der Waals surface area contributed by atoms with Crippen LogP contribution in [0.3, 0.4) is 0 Å². The fraction of sp³-hybridized carbons (Fsp3) is 0.571. The van der Waals surface area contributed by atoms with Gasteiger partial charge in [0, 0.05) is 12.6 Å². The number of rotatable bonds is 4. The number of carbonyl (C=O) groups excluding carboxylic acids is 1. The second-order valence-electron chi connectivity index (χ2n) is 4.22. The van der Waals surface area contributed by atoms with Crippen LogP contribution in [0.25, 0.3) is 0 Å². The first kappa shape index (κ1) is 15.4. The van der Waals surface area contributed by atoms with E-state index in [2.05, 4.69) is 10.3 Å². The monoisotopic (exact) mass is 267 g/mol. The highest BCUT2D eigenvalue weighted by Gasteiger charge is 2.31. The number of halogens is 1. The van der Waals surface area contributed by atoms with Crippen molar-refractivity contribution >= 4 is 11.8 Å². The van der Waals surface area contributed by atoms with Gasteiger partial charge in [-0.2, -0.15) is 0 Å². The zero-order valence-corrected chi connectivity index (χ0v) is 11.8. The first-order valence-electron chi connectivity index (χ1n) is 6.90. The van der Waals surface area contributed by atoms with Gasteiger partial charge in [-0.1, -0.05) is 20.8 Å². The van der Waals surface area contributed by atoms with Crippen LogP contribution in [0.5, 0.6) is 0 Å². The average Bonchev–Trinajstić information content (AvgIpc) is 3.25. The summed E-state index contributed by atoms with van der Waals surface area (Å²) in [6, 6.07) is 2.97. The van der Waals surface area contributed by atoms with Crippen molar-refractivity contribution in [3.63, 3.8) is 0 Å². The second-order valence-corrected chi connectivity index (χ2v) is 4.22. The minimum atomic E-state index is -0.407. The molecule has 1 aliphatic carbocycles. The summed E-state index contributed by atoms with van der Waals surface area (Å²) in [6.07, 6.45) is 4.17. The van der Waals surface area contributed by atoms with Gasteiger partial charge >= 0.3 is 6.03 Å². The van der Waals surface area contributed by atoms with E-state index in [1.807, 2.05) is 25.7 Å². The summed E-state index contributed by atoms with van der Waals surface area (Å²) in [7, 11) is 0. The van der Waals surface area contributed by atoms with Gasteiger partial charge < -0.3 is 4.90 Å². The quantitative estimate of drug-likeness (QED) is 0.905. The van der Waals surface area contributed by atoms with Gasteiger partial charge in [-0.25, -0.2) is 14.2 Å². The normalized spacial score (nSPS) is 13.3. The van der Waals surface area contributed by atoms with Gasteiger partial charge in [-0.15, -0.1) is 0 Å². The molecule has 5 heteroatoms. The molecule has 0 unspecified atom stereocenters. The molecular formula is C14H22FN3O. The van der Waals surface area contributed by atoms with Crippen molar-refractivity contribution in [2.75, 3.05) is 11.9 Å². The number of hydrogen-bond acceptors (Lipinski definition) is 2. The molecule has 0 bridgehead atoms. The van der Waals surface area contributed by atoms with Gasteiger partial charge in [0.1, 0.15) is 11.6 Å². The summed E-state index contributed by atoms with van der Waals surface area (Å²) in [5.74, 6) is -0.0197. The molecule has 0 spiro atoms. The first-order chi connectivity index (χ1) is 9.20. The Kier molecular flexibility index (Phi) is 6.25. The van der Waals surface area contributed by atoms with E-state index < -0.39 is 5.82 Å². The predicted octanol–water partition coefficient (Wildman–Crippen LogP) is 3.65. The van der Waals surface area contributed by atoms with Crippen molar-refractivity contribution in [3.05, 3.63) is 24.1 Å². The summed E-state index contributed by atoms with van der Waals surface area (Å²) in [5.41, 5.74) is 0. The lowest BCUT2D eigenvalue weighted by Crippen LogP contribution is -2.37. The zero-order valence-electron chi connectivity index (χ0n) is 11.8. The van der Waals surface area contributed by atoms with Crippen LogP contribution >= 0.6 is 0 Å². The summed E-state index contributed by atoms with van der Waals surface area (Å²) in [5, 5.41) is 2.68. The van der Waals surface area contributed by atoms with E-state index in [4.69, 9.17) is 0 Å². The Balaban J connectivity index is 0.000000861. The molecule has 19 heavy (non-hydrogen) atoms. The van der Waals surface area contributed by atoms with Crippen LogP contribution in [-0.2, 0) is 0 Å². The lowest BCUT2D eigenvalue weighted by atomic mass is 10.4. The number of pyridine rings is 1. The lowest BCUT2D eigenvalue weighted by Gasteiger charge is -2.21. The van der Waals surface area contributed by atoms with E-state index in [0.717, 1.165) is 32.0 Å². The van der Waals surface area contributed by atoms with Crippen molar-refractivity contribution in [2.24, 2.45) is 0 Å². The highest BCUT2D eigenvalue weighted by atomic mass is 19.1. The van der Waals surface area contributed by atoms with Gasteiger partial charge in [-0.05, 0) is 31.4 Å². The molecule has 1 saturated carbocycles. The molecule has 1 aliphatic rings. The SMILES string of the molecule is CC.CCCN(C(=O)Nc1ccc(F)cn1)C1CC1. The highest BCUT2D eigenvalue weighted by molar-refractivity contribution is 5.88. The van der Waals surface area contributed by atoms with Crippen LogP contribution < -0.4 is 5.32 Å². The number of urea groups is 1. The van der Waals surface area contributed by atoms with Crippen molar-refractivity contribution in [1.82, 2.24) is 9.88 Å². The van der Waals surface area contributed by atoms with E-state index in [0.29, 0.717) is 11.9 Å². The smallest absolute Gasteiger partial charge is 0.322 e. The molecule has 0 aromatic carbocycles. The minimum absolute atomic E-state index is 0.145. The fourth-order valence-corrected chi connectivity index (χ4v) is 1.71. The third kappa shape index (κ3) is 4.85. The van der Waals surface area contributed by atoms with Crippen LogP contribution in [0.4, 0.5) is 15.0 Å². The Bertz CT molecular complexity index is 390. The van der Waals surface area contributed by atoms with Crippen LogP contribution in [-0.4, -0.2) is 28.5 Å². The summed E-state index contributed by atoms with van der Waals surface area (Å²) in [4.78, 5) is 17.6. The van der Waals surface area contributed by atoms with Crippen LogP contribution in [0.15, 0.2) is 18.3 Å². The number of carbonyl (C=O) groups is 1. The molecule has 1 fully saturated rings. The Morgan fingerprint density at radius 3 is 2.63 bits per heavy atom. The molecule has 0 aliphatic heterocycles. The Hall–Kier alpha value is -1.65. The molecule has 1 N–H and O–H groups in total. The van der Waals surface area contributed by atoms with Crippen molar-refractivity contribution < 1.29 is 9.18 Å². The van der Waals surface area contributed by atoms with Crippen LogP contribution in [0.1, 0.15) is 40.0 Å². The maximum atomic E-state index is 12.7. The minimum Gasteiger partial charge on any atom is -0.322 e.